The van der Waals surface area contributed by atoms with Gasteiger partial charge in [-0.25, -0.2) is 8.78 Å². The van der Waals surface area contributed by atoms with Crippen LogP contribution in [0.2, 0.25) is 0 Å². The molecule has 0 radical (unpaired) electrons. The number of ketones is 2. The first-order chi connectivity index (χ1) is 20.3. The quantitative estimate of drug-likeness (QED) is 0.158. The zero-order valence-electron chi connectivity index (χ0n) is 23.9. The summed E-state index contributed by atoms with van der Waals surface area (Å²) in [6.07, 6.45) is 14.9. The molecule has 0 unspecified atom stereocenters. The summed E-state index contributed by atoms with van der Waals surface area (Å²) in [4.78, 5) is 54.9. The van der Waals surface area contributed by atoms with Crippen molar-refractivity contribution < 1.29 is 28.0 Å². The molecule has 8 nitrogen and oxygen atoms in total. The molecule has 0 aliphatic carbocycles. The first-order valence-electron chi connectivity index (χ1n) is 14.3. The van der Waals surface area contributed by atoms with Crippen LogP contribution >= 0.6 is 23.5 Å². The van der Waals surface area contributed by atoms with Gasteiger partial charge in [-0.2, -0.15) is 23.5 Å². The molecule has 2 rings (SSSR count). The summed E-state index contributed by atoms with van der Waals surface area (Å²) in [5, 5.41) is 5.01. The van der Waals surface area contributed by atoms with Crippen LogP contribution in [-0.2, 0) is 9.59 Å². The van der Waals surface area contributed by atoms with Crippen molar-refractivity contribution in [3.63, 3.8) is 0 Å². The van der Waals surface area contributed by atoms with Crippen LogP contribution in [-0.4, -0.2) is 69.4 Å². The largest absolute Gasteiger partial charge is 0.345 e. The predicted octanol–water partition coefficient (Wildman–Crippen LogP) is 5.42. The number of hydrogen-bond acceptors (Lipinski definition) is 8. The molecular formula is C30H40F2N4O4S2. The average Bonchev–Trinajstić information content (AvgIpc) is 2.98. The van der Waals surface area contributed by atoms with Gasteiger partial charge in [-0.1, -0.05) is 38.5 Å². The molecule has 2 amide bonds. The normalized spacial score (nSPS) is 10.8. The van der Waals surface area contributed by atoms with E-state index in [0.717, 1.165) is 60.4 Å². The molecule has 2 aromatic heterocycles. The van der Waals surface area contributed by atoms with Crippen LogP contribution in [0.4, 0.5) is 8.78 Å². The van der Waals surface area contributed by atoms with E-state index in [1.165, 1.54) is 50.9 Å². The van der Waals surface area contributed by atoms with E-state index in [2.05, 4.69) is 20.6 Å². The molecule has 0 atom stereocenters. The summed E-state index contributed by atoms with van der Waals surface area (Å²) in [5.74, 6) is 1.21. The van der Waals surface area contributed by atoms with Gasteiger partial charge in [-0.05, 0) is 36.5 Å². The number of nitrogens with zero attached hydrogens (tertiary/aromatic N) is 2. The number of rotatable bonds is 23. The number of carbonyl (C=O) groups excluding carboxylic acids is 4. The van der Waals surface area contributed by atoms with Crippen molar-refractivity contribution in [2.45, 2.75) is 64.2 Å². The maximum absolute atomic E-state index is 13.1. The molecule has 0 fully saturated rings. The fourth-order valence-electron chi connectivity index (χ4n) is 3.86. The average molecular weight is 623 g/mol. The Bertz CT molecular complexity index is 1050. The van der Waals surface area contributed by atoms with Gasteiger partial charge in [0.2, 0.25) is 0 Å². The van der Waals surface area contributed by atoms with Gasteiger partial charge in [0.05, 0.1) is 36.6 Å². The number of carbonyl (C=O) groups is 4. The van der Waals surface area contributed by atoms with E-state index in [-0.39, 0.29) is 35.8 Å². The predicted molar refractivity (Wildman–Crippen MR) is 164 cm³/mol. The second-order valence-electron chi connectivity index (χ2n) is 9.78. The van der Waals surface area contributed by atoms with Gasteiger partial charge in [-0.15, -0.1) is 0 Å². The maximum atomic E-state index is 13.1. The molecule has 0 spiro atoms. The van der Waals surface area contributed by atoms with E-state index in [1.54, 1.807) is 23.5 Å². The first-order valence-corrected chi connectivity index (χ1v) is 16.6. The number of nitrogens with one attached hydrogen (secondary N) is 2. The van der Waals surface area contributed by atoms with Gasteiger partial charge in [0.25, 0.3) is 11.8 Å². The number of Topliss-reactive ketones (excluding diaryl/α,β-unsaturated/α-hetero) is 2. The van der Waals surface area contributed by atoms with E-state index in [1.807, 2.05) is 0 Å². The van der Waals surface area contributed by atoms with Crippen molar-refractivity contribution in [1.82, 2.24) is 20.6 Å². The summed E-state index contributed by atoms with van der Waals surface area (Å²) < 4.78 is 26.2. The van der Waals surface area contributed by atoms with Gasteiger partial charge in [0.1, 0.15) is 11.6 Å². The highest BCUT2D eigenvalue weighted by atomic mass is 32.2. The fourth-order valence-corrected chi connectivity index (χ4v) is 5.82. The summed E-state index contributed by atoms with van der Waals surface area (Å²) >= 11 is 3.50. The number of unbranched alkanes of at least 4 members (excludes halogenated alkanes) is 7. The second-order valence-corrected chi connectivity index (χ2v) is 12.2. The van der Waals surface area contributed by atoms with Crippen LogP contribution in [0.15, 0.2) is 36.9 Å². The monoisotopic (exact) mass is 622 g/mol. The number of aromatic nitrogens is 2. The van der Waals surface area contributed by atoms with Gasteiger partial charge < -0.3 is 10.6 Å². The molecule has 0 saturated carbocycles. The third-order valence-corrected chi connectivity index (χ3v) is 8.34. The Morgan fingerprint density at radius 3 is 1.33 bits per heavy atom. The maximum Gasteiger partial charge on any atom is 0.253 e. The Balaban J connectivity index is 1.30. The minimum absolute atomic E-state index is 0.0468. The van der Waals surface area contributed by atoms with Gasteiger partial charge in [-0.3, -0.25) is 29.1 Å². The molecule has 2 heterocycles. The first kappa shape index (κ1) is 35.3. The van der Waals surface area contributed by atoms with Gasteiger partial charge in [0.15, 0.2) is 11.6 Å². The fraction of sp³-hybridized carbons (Fsp3) is 0.533. The Morgan fingerprint density at radius 1 is 0.571 bits per heavy atom. The molecule has 2 aromatic rings. The zero-order valence-corrected chi connectivity index (χ0v) is 25.5. The summed E-state index contributed by atoms with van der Waals surface area (Å²) in [5.41, 5.74) is 0.198. The van der Waals surface area contributed by atoms with Crippen molar-refractivity contribution in [2.75, 3.05) is 36.1 Å². The van der Waals surface area contributed by atoms with Crippen LogP contribution in [0.5, 0.6) is 0 Å². The molecule has 0 aliphatic rings. The summed E-state index contributed by atoms with van der Waals surface area (Å²) in [6, 6.07) is 2.17. The van der Waals surface area contributed by atoms with E-state index >= 15 is 0 Å². The van der Waals surface area contributed by atoms with Gasteiger partial charge >= 0.3 is 0 Å². The van der Waals surface area contributed by atoms with E-state index in [4.69, 9.17) is 0 Å². The van der Waals surface area contributed by atoms with E-state index in [0.29, 0.717) is 12.8 Å². The summed E-state index contributed by atoms with van der Waals surface area (Å²) in [7, 11) is 0. The lowest BCUT2D eigenvalue weighted by Crippen LogP contribution is -2.29. The molecule has 2 N–H and O–H groups in total. The van der Waals surface area contributed by atoms with Gasteiger partial charge in [0, 0.05) is 36.7 Å². The second kappa shape index (κ2) is 21.8. The van der Waals surface area contributed by atoms with E-state index < -0.39 is 23.4 Å². The van der Waals surface area contributed by atoms with Crippen LogP contribution in [0.25, 0.3) is 0 Å². The lowest BCUT2D eigenvalue weighted by Gasteiger charge is -2.06. The molecule has 230 valence electrons. The standard InChI is InChI=1S/C30H40F2N4O4S2/c31-25-15-23(17-33-19-25)29(39)35-21-27(37)9-13-41-11-7-5-3-1-2-4-6-8-12-42-14-10-28(38)22-36-30(40)24-16-26(32)20-34-18-24/h15-20H,1-14,21-22H2,(H,35,39)(H,36,40). The third-order valence-electron chi connectivity index (χ3n) is 6.20. The number of thioether (sulfide) groups is 2. The van der Waals surface area contributed by atoms with Crippen LogP contribution in [0.3, 0.4) is 0 Å². The Hall–Kier alpha value is -2.86. The number of halogens is 2. The van der Waals surface area contributed by atoms with Crippen LogP contribution in [0.1, 0.15) is 84.9 Å². The smallest absolute Gasteiger partial charge is 0.253 e. The number of hydrogen-bond donors (Lipinski definition) is 2. The van der Waals surface area contributed by atoms with E-state index in [9.17, 15) is 28.0 Å². The molecule has 12 heteroatoms. The van der Waals surface area contributed by atoms with Crippen molar-refractivity contribution in [1.29, 1.82) is 0 Å². The topological polar surface area (TPSA) is 118 Å². The highest BCUT2D eigenvalue weighted by Gasteiger charge is 2.10. The summed E-state index contributed by atoms with van der Waals surface area (Å²) in [6.45, 7) is -0.123. The molecule has 42 heavy (non-hydrogen) atoms. The lowest BCUT2D eigenvalue weighted by molar-refractivity contribution is -0.118. The molecular weight excluding hydrogens is 582 g/mol. The molecule has 0 aliphatic heterocycles. The molecule has 0 aromatic carbocycles. The van der Waals surface area contributed by atoms with Crippen molar-refractivity contribution in [2.24, 2.45) is 0 Å². The zero-order chi connectivity index (χ0) is 30.4. The van der Waals surface area contributed by atoms with Crippen molar-refractivity contribution in [3.05, 3.63) is 59.7 Å². The van der Waals surface area contributed by atoms with Crippen molar-refractivity contribution in [3.8, 4) is 0 Å². The minimum atomic E-state index is -0.592. The third kappa shape index (κ3) is 16.5. The molecule has 0 saturated heterocycles. The van der Waals surface area contributed by atoms with Crippen LogP contribution < -0.4 is 10.6 Å². The number of pyridine rings is 2. The SMILES string of the molecule is O=C(CCSCCCCCCCCCCSCCC(=O)CNC(=O)c1cncc(F)c1)CNC(=O)c1cncc(F)c1. The Labute approximate surface area is 255 Å². The lowest BCUT2D eigenvalue weighted by atomic mass is 10.1. The highest BCUT2D eigenvalue weighted by molar-refractivity contribution is 7.99. The van der Waals surface area contributed by atoms with Crippen LogP contribution in [0, 0.1) is 11.6 Å². The Kier molecular flexibility index (Phi) is 18.3. The number of amides is 2. The minimum Gasteiger partial charge on any atom is -0.345 e. The Morgan fingerprint density at radius 2 is 0.952 bits per heavy atom. The van der Waals surface area contributed by atoms with Crippen molar-refractivity contribution >= 4 is 46.9 Å². The highest BCUT2D eigenvalue weighted by Crippen LogP contribution is 2.14. The molecule has 0 bridgehead atoms.